The second-order valence-corrected chi connectivity index (χ2v) is 8.62. The number of nitrogens with zero attached hydrogens (tertiary/aromatic N) is 3. The molecule has 2 N–H and O–H groups in total. The normalized spacial score (nSPS) is 15.2. The van der Waals surface area contributed by atoms with Crippen LogP contribution in [0, 0.1) is 0 Å². The molecule has 0 fully saturated rings. The van der Waals surface area contributed by atoms with Gasteiger partial charge in [-0.3, -0.25) is 9.89 Å². The molecule has 2 aromatic heterocycles. The SMILES string of the molecule is CN=C(NCCN1CCc2sccc2C1)NCc1ncc(C(C)(C)C)o1.I. The lowest BCUT2D eigenvalue weighted by Gasteiger charge is -2.27. The first-order valence-electron chi connectivity index (χ1n) is 9.13. The van der Waals surface area contributed by atoms with Crippen LogP contribution in [0.4, 0.5) is 0 Å². The van der Waals surface area contributed by atoms with Crippen molar-refractivity contribution < 1.29 is 4.42 Å². The Morgan fingerprint density at radius 2 is 2.19 bits per heavy atom. The first-order chi connectivity index (χ1) is 12.5. The number of oxazole rings is 1. The Morgan fingerprint density at radius 3 is 2.89 bits per heavy atom. The summed E-state index contributed by atoms with van der Waals surface area (Å²) in [7, 11) is 1.78. The van der Waals surface area contributed by atoms with E-state index < -0.39 is 0 Å². The molecule has 0 saturated heterocycles. The second-order valence-electron chi connectivity index (χ2n) is 7.62. The summed E-state index contributed by atoms with van der Waals surface area (Å²) in [5.74, 6) is 2.35. The third-order valence-corrected chi connectivity index (χ3v) is 5.55. The van der Waals surface area contributed by atoms with E-state index in [-0.39, 0.29) is 29.4 Å². The number of fused-ring (bicyclic) bond motifs is 1. The highest BCUT2D eigenvalue weighted by molar-refractivity contribution is 14.0. The van der Waals surface area contributed by atoms with Crippen molar-refractivity contribution in [3.63, 3.8) is 0 Å². The molecule has 8 heteroatoms. The zero-order valence-corrected chi connectivity index (χ0v) is 19.7. The molecule has 0 unspecified atom stereocenters. The molecule has 1 aliphatic rings. The van der Waals surface area contributed by atoms with Crippen molar-refractivity contribution in [1.29, 1.82) is 0 Å². The first-order valence-corrected chi connectivity index (χ1v) is 10.0. The summed E-state index contributed by atoms with van der Waals surface area (Å²) < 4.78 is 5.80. The molecule has 3 rings (SSSR count). The van der Waals surface area contributed by atoms with Crippen LogP contribution in [0.5, 0.6) is 0 Å². The molecule has 0 amide bonds. The number of rotatable bonds is 5. The highest BCUT2D eigenvalue weighted by atomic mass is 127. The zero-order chi connectivity index (χ0) is 18.6. The predicted octanol–water partition coefficient (Wildman–Crippen LogP) is 3.37. The van der Waals surface area contributed by atoms with Crippen LogP contribution < -0.4 is 10.6 Å². The largest absolute Gasteiger partial charge is 0.443 e. The molecule has 0 bridgehead atoms. The predicted molar refractivity (Wildman–Crippen MR) is 122 cm³/mol. The number of hydrogen-bond donors (Lipinski definition) is 2. The van der Waals surface area contributed by atoms with Crippen LogP contribution in [0.2, 0.25) is 0 Å². The molecule has 3 heterocycles. The van der Waals surface area contributed by atoms with Crippen LogP contribution in [-0.4, -0.2) is 42.5 Å². The summed E-state index contributed by atoms with van der Waals surface area (Å²) in [6, 6.07) is 2.25. The standard InChI is InChI=1S/C19H29N5OS.HI/c1-19(2,3)16-11-22-17(25-16)12-23-18(20-4)21-7-9-24-8-5-15-14(13-24)6-10-26-15;/h6,10-11H,5,7-9,12-13H2,1-4H3,(H2,20,21,23);1H. The number of halogens is 1. The van der Waals surface area contributed by atoms with E-state index in [1.807, 2.05) is 17.5 Å². The minimum Gasteiger partial charge on any atom is -0.443 e. The third-order valence-electron chi connectivity index (χ3n) is 4.53. The number of guanidine groups is 1. The molecule has 0 aromatic carbocycles. The molecule has 0 spiro atoms. The Balaban J connectivity index is 0.00000261. The van der Waals surface area contributed by atoms with E-state index >= 15 is 0 Å². The summed E-state index contributed by atoms with van der Waals surface area (Å²) in [4.78, 5) is 12.7. The van der Waals surface area contributed by atoms with Gasteiger partial charge in [-0.25, -0.2) is 4.98 Å². The smallest absolute Gasteiger partial charge is 0.213 e. The van der Waals surface area contributed by atoms with Gasteiger partial charge in [0.1, 0.15) is 5.76 Å². The molecule has 0 aliphatic carbocycles. The zero-order valence-electron chi connectivity index (χ0n) is 16.5. The van der Waals surface area contributed by atoms with E-state index in [1.165, 1.54) is 12.0 Å². The lowest BCUT2D eigenvalue weighted by atomic mass is 9.94. The fraction of sp³-hybridized carbons (Fsp3) is 0.579. The van der Waals surface area contributed by atoms with Gasteiger partial charge in [-0.15, -0.1) is 35.3 Å². The van der Waals surface area contributed by atoms with Gasteiger partial charge < -0.3 is 15.1 Å². The quantitative estimate of drug-likeness (QED) is 0.372. The van der Waals surface area contributed by atoms with Gasteiger partial charge in [-0.2, -0.15) is 0 Å². The molecular formula is C19H30IN5OS. The third kappa shape index (κ3) is 6.18. The van der Waals surface area contributed by atoms with E-state index in [0.29, 0.717) is 12.4 Å². The fourth-order valence-electron chi connectivity index (χ4n) is 2.95. The molecule has 2 aromatic rings. The highest BCUT2D eigenvalue weighted by Gasteiger charge is 2.19. The first kappa shape index (κ1) is 22.2. The molecule has 0 radical (unpaired) electrons. The Hall–Kier alpha value is -1.13. The van der Waals surface area contributed by atoms with Gasteiger partial charge in [0, 0.05) is 43.5 Å². The lowest BCUT2D eigenvalue weighted by Crippen LogP contribution is -2.42. The van der Waals surface area contributed by atoms with E-state index in [4.69, 9.17) is 4.42 Å². The van der Waals surface area contributed by atoms with Gasteiger partial charge in [0.25, 0.3) is 0 Å². The van der Waals surface area contributed by atoms with Gasteiger partial charge >= 0.3 is 0 Å². The average Bonchev–Trinajstić information content (AvgIpc) is 3.26. The monoisotopic (exact) mass is 503 g/mol. The molecule has 0 atom stereocenters. The van der Waals surface area contributed by atoms with Gasteiger partial charge in [0.2, 0.25) is 5.89 Å². The van der Waals surface area contributed by atoms with E-state index in [0.717, 1.165) is 37.9 Å². The van der Waals surface area contributed by atoms with Crippen LogP contribution in [0.25, 0.3) is 0 Å². The van der Waals surface area contributed by atoms with Crippen molar-refractivity contribution >= 4 is 41.3 Å². The van der Waals surface area contributed by atoms with Crippen LogP contribution in [0.1, 0.15) is 42.9 Å². The fourth-order valence-corrected chi connectivity index (χ4v) is 3.84. The van der Waals surface area contributed by atoms with Gasteiger partial charge in [-0.1, -0.05) is 20.8 Å². The molecule has 6 nitrogen and oxygen atoms in total. The number of aromatic nitrogens is 1. The molecular weight excluding hydrogens is 473 g/mol. The Kier molecular flexibility index (Phi) is 8.11. The number of thiophene rings is 1. The Labute approximate surface area is 182 Å². The minimum atomic E-state index is -0.0259. The summed E-state index contributed by atoms with van der Waals surface area (Å²) in [5, 5.41) is 8.84. The maximum absolute atomic E-state index is 5.80. The number of aliphatic imine (C=N–C) groups is 1. The van der Waals surface area contributed by atoms with Crippen LogP contribution in [0.15, 0.2) is 27.1 Å². The summed E-state index contributed by atoms with van der Waals surface area (Å²) in [6.45, 7) is 10.9. The molecule has 150 valence electrons. The lowest BCUT2D eigenvalue weighted by molar-refractivity contribution is 0.260. The second kappa shape index (κ2) is 9.88. The van der Waals surface area contributed by atoms with Crippen molar-refractivity contribution in [3.05, 3.63) is 39.7 Å². The van der Waals surface area contributed by atoms with Crippen molar-refractivity contribution in [3.8, 4) is 0 Å². The Morgan fingerprint density at radius 1 is 1.37 bits per heavy atom. The van der Waals surface area contributed by atoms with E-state index in [1.54, 1.807) is 11.9 Å². The number of hydrogen-bond acceptors (Lipinski definition) is 5. The van der Waals surface area contributed by atoms with Crippen LogP contribution in [-0.2, 0) is 24.9 Å². The van der Waals surface area contributed by atoms with Crippen molar-refractivity contribution in [1.82, 2.24) is 20.5 Å². The summed E-state index contributed by atoms with van der Waals surface area (Å²) >= 11 is 1.88. The molecule has 0 saturated carbocycles. The summed E-state index contributed by atoms with van der Waals surface area (Å²) in [6.07, 6.45) is 2.97. The number of nitrogens with one attached hydrogen (secondary N) is 2. The average molecular weight is 503 g/mol. The maximum Gasteiger partial charge on any atom is 0.213 e. The van der Waals surface area contributed by atoms with Gasteiger partial charge in [0.05, 0.1) is 12.7 Å². The molecule has 1 aliphatic heterocycles. The van der Waals surface area contributed by atoms with Gasteiger partial charge in [-0.05, 0) is 23.4 Å². The highest BCUT2D eigenvalue weighted by Crippen LogP contribution is 2.24. The van der Waals surface area contributed by atoms with Crippen LogP contribution >= 0.6 is 35.3 Å². The van der Waals surface area contributed by atoms with E-state index in [9.17, 15) is 0 Å². The van der Waals surface area contributed by atoms with Crippen molar-refractivity contribution in [2.45, 2.75) is 45.7 Å². The summed E-state index contributed by atoms with van der Waals surface area (Å²) in [5.41, 5.74) is 1.46. The topological polar surface area (TPSA) is 65.7 Å². The van der Waals surface area contributed by atoms with Gasteiger partial charge in [0.15, 0.2) is 5.96 Å². The van der Waals surface area contributed by atoms with Crippen LogP contribution in [0.3, 0.4) is 0 Å². The molecule has 27 heavy (non-hydrogen) atoms. The maximum atomic E-state index is 5.80. The van der Waals surface area contributed by atoms with E-state index in [2.05, 4.69) is 57.7 Å². The minimum absolute atomic E-state index is 0. The van der Waals surface area contributed by atoms with Crippen molar-refractivity contribution in [2.75, 3.05) is 26.7 Å². The Bertz CT molecular complexity index is 749. The van der Waals surface area contributed by atoms with Crippen molar-refractivity contribution in [2.24, 2.45) is 4.99 Å².